The smallest absolute Gasteiger partial charge is 0.491 e. The molecule has 1 N–H and O–H groups in total. The number of aromatic amines is 1. The number of benzene rings is 2. The first-order valence-electron chi connectivity index (χ1n) is 9.82. The Bertz CT molecular complexity index is 1140. The Morgan fingerprint density at radius 3 is 2.50 bits per heavy atom. The van der Waals surface area contributed by atoms with Crippen molar-refractivity contribution in [3.05, 3.63) is 78.4 Å². The van der Waals surface area contributed by atoms with Gasteiger partial charge in [0.05, 0.1) is 24.6 Å². The number of sulfonamides is 1. The number of anilines is 1. The lowest BCUT2D eigenvalue weighted by Gasteiger charge is -2.33. The number of aromatic nitrogens is 2. The molecule has 7 nitrogen and oxygen atoms in total. The van der Waals surface area contributed by atoms with E-state index >= 15 is 0 Å². The van der Waals surface area contributed by atoms with Crippen LogP contribution in [0.15, 0.2) is 67.1 Å². The van der Waals surface area contributed by atoms with Crippen LogP contribution < -0.4 is 9.64 Å². The van der Waals surface area contributed by atoms with Crippen molar-refractivity contribution >= 4 is 15.7 Å². The minimum atomic E-state index is -5.54. The van der Waals surface area contributed by atoms with Gasteiger partial charge in [-0.3, -0.25) is 0 Å². The zero-order valence-electron chi connectivity index (χ0n) is 16.9. The zero-order valence-corrected chi connectivity index (χ0v) is 17.7. The SMILES string of the molecule is O=S(=O)(N1Cc2ccccc2N(Cc2cnc[nH]2)[C@@H](COc2ccccc2)C1)C(F)(F)F. The van der Waals surface area contributed by atoms with E-state index in [1.54, 1.807) is 54.7 Å². The Hall–Kier alpha value is -3.05. The molecule has 170 valence electrons. The summed E-state index contributed by atoms with van der Waals surface area (Å²) in [6.07, 6.45) is 3.13. The highest BCUT2D eigenvalue weighted by Crippen LogP contribution is 2.34. The van der Waals surface area contributed by atoms with Crippen molar-refractivity contribution in [1.82, 2.24) is 14.3 Å². The second-order valence-electron chi connectivity index (χ2n) is 7.35. The lowest BCUT2D eigenvalue weighted by Crippen LogP contribution is -2.49. The Labute approximate surface area is 183 Å². The second-order valence-corrected chi connectivity index (χ2v) is 9.28. The van der Waals surface area contributed by atoms with Crippen molar-refractivity contribution < 1.29 is 26.3 Å². The van der Waals surface area contributed by atoms with Crippen LogP contribution in [-0.4, -0.2) is 47.4 Å². The van der Waals surface area contributed by atoms with Gasteiger partial charge < -0.3 is 14.6 Å². The highest BCUT2D eigenvalue weighted by atomic mass is 32.2. The maximum absolute atomic E-state index is 13.4. The van der Waals surface area contributed by atoms with E-state index in [2.05, 4.69) is 9.97 Å². The maximum Gasteiger partial charge on any atom is 0.511 e. The summed E-state index contributed by atoms with van der Waals surface area (Å²) in [6, 6.07) is 15.0. The first-order chi connectivity index (χ1) is 15.3. The van der Waals surface area contributed by atoms with Crippen LogP contribution in [0.3, 0.4) is 0 Å². The van der Waals surface area contributed by atoms with Crippen LogP contribution >= 0.6 is 0 Å². The van der Waals surface area contributed by atoms with Gasteiger partial charge in [-0.1, -0.05) is 36.4 Å². The number of hydrogen-bond acceptors (Lipinski definition) is 5. The van der Waals surface area contributed by atoms with Crippen LogP contribution in [-0.2, 0) is 23.1 Å². The summed E-state index contributed by atoms with van der Waals surface area (Å²) in [5, 5.41) is 0. The molecule has 1 aliphatic heterocycles. The molecule has 32 heavy (non-hydrogen) atoms. The number of halogens is 3. The summed E-state index contributed by atoms with van der Waals surface area (Å²) in [6.45, 7) is -0.507. The molecule has 0 unspecified atom stereocenters. The second kappa shape index (κ2) is 8.83. The van der Waals surface area contributed by atoms with E-state index in [1.165, 1.54) is 6.33 Å². The molecule has 4 rings (SSSR count). The molecular weight excluding hydrogens is 445 g/mol. The number of nitrogens with zero attached hydrogens (tertiary/aromatic N) is 3. The molecule has 2 aromatic carbocycles. The molecule has 0 saturated carbocycles. The van der Waals surface area contributed by atoms with Crippen molar-refractivity contribution in [3.8, 4) is 5.75 Å². The molecule has 0 saturated heterocycles. The number of imidazole rings is 1. The van der Waals surface area contributed by atoms with Crippen LogP contribution in [0.25, 0.3) is 0 Å². The molecule has 0 radical (unpaired) electrons. The van der Waals surface area contributed by atoms with Gasteiger partial charge >= 0.3 is 15.5 Å². The predicted molar refractivity (Wildman–Crippen MR) is 112 cm³/mol. The standard InChI is InChI=1S/C21H21F3N4O3S/c22-21(23,24)32(29,30)27-11-16-6-4-5-9-20(16)28(12-17-10-25-15-26-17)18(13-27)14-31-19-7-2-1-3-8-19/h1-10,15,18H,11-14H2,(H,25,26)/t18-/m1/s1. The van der Waals surface area contributed by atoms with Gasteiger partial charge in [-0.05, 0) is 23.8 Å². The monoisotopic (exact) mass is 466 g/mol. The number of H-pyrrole nitrogens is 1. The highest BCUT2D eigenvalue weighted by Gasteiger charge is 2.51. The molecule has 0 fully saturated rings. The van der Waals surface area contributed by atoms with Gasteiger partial charge in [-0.15, -0.1) is 0 Å². The largest absolute Gasteiger partial charge is 0.511 e. The normalized spacial score (nSPS) is 17.6. The Morgan fingerprint density at radius 1 is 1.09 bits per heavy atom. The summed E-state index contributed by atoms with van der Waals surface area (Å²) in [4.78, 5) is 8.85. The minimum absolute atomic E-state index is 0.0175. The number of hydrogen-bond donors (Lipinski definition) is 1. The summed E-state index contributed by atoms with van der Waals surface area (Å²) in [5.41, 5.74) is -3.55. The van der Waals surface area contributed by atoms with Gasteiger partial charge in [-0.2, -0.15) is 17.5 Å². The third-order valence-electron chi connectivity index (χ3n) is 5.22. The fourth-order valence-electron chi connectivity index (χ4n) is 3.66. The first kappa shape index (κ1) is 22.2. The predicted octanol–water partition coefficient (Wildman–Crippen LogP) is 3.53. The summed E-state index contributed by atoms with van der Waals surface area (Å²) >= 11 is 0. The first-order valence-corrected chi connectivity index (χ1v) is 11.3. The summed E-state index contributed by atoms with van der Waals surface area (Å²) < 4.78 is 71.3. The molecule has 3 aromatic rings. The van der Waals surface area contributed by atoms with E-state index < -0.39 is 28.1 Å². The number of para-hydroxylation sites is 2. The molecule has 1 aliphatic rings. The van der Waals surface area contributed by atoms with Crippen molar-refractivity contribution in [2.24, 2.45) is 0 Å². The van der Waals surface area contributed by atoms with E-state index in [0.29, 0.717) is 27.9 Å². The molecule has 2 heterocycles. The fraction of sp³-hybridized carbons (Fsp3) is 0.286. The van der Waals surface area contributed by atoms with E-state index in [4.69, 9.17) is 4.74 Å². The molecule has 11 heteroatoms. The van der Waals surface area contributed by atoms with Crippen LogP contribution in [0, 0.1) is 0 Å². The Balaban J connectivity index is 1.73. The molecule has 1 atom stereocenters. The number of ether oxygens (including phenoxy) is 1. The van der Waals surface area contributed by atoms with Crippen molar-refractivity contribution in [1.29, 1.82) is 0 Å². The van der Waals surface area contributed by atoms with Crippen molar-refractivity contribution in [2.75, 3.05) is 18.1 Å². The summed E-state index contributed by atoms with van der Waals surface area (Å²) in [7, 11) is -5.54. The van der Waals surface area contributed by atoms with Crippen LogP contribution in [0.2, 0.25) is 0 Å². The average molecular weight is 466 g/mol. The third-order valence-corrected chi connectivity index (χ3v) is 6.76. The Morgan fingerprint density at radius 2 is 1.81 bits per heavy atom. The van der Waals surface area contributed by atoms with Gasteiger partial charge in [0.2, 0.25) is 0 Å². The topological polar surface area (TPSA) is 78.5 Å². The fourth-order valence-corrected chi connectivity index (χ4v) is 4.63. The van der Waals surface area contributed by atoms with E-state index in [0.717, 1.165) is 5.69 Å². The average Bonchev–Trinajstić information content (AvgIpc) is 3.22. The summed E-state index contributed by atoms with van der Waals surface area (Å²) in [5.74, 6) is 0.539. The van der Waals surface area contributed by atoms with Crippen molar-refractivity contribution in [2.45, 2.75) is 24.6 Å². The van der Waals surface area contributed by atoms with Gasteiger partial charge in [0, 0.05) is 25.0 Å². The molecular formula is C21H21F3N4O3S. The molecule has 0 amide bonds. The van der Waals surface area contributed by atoms with Gasteiger partial charge in [0.1, 0.15) is 12.4 Å². The maximum atomic E-state index is 13.4. The lowest BCUT2D eigenvalue weighted by molar-refractivity contribution is -0.0493. The van der Waals surface area contributed by atoms with E-state index in [1.807, 2.05) is 11.0 Å². The third kappa shape index (κ3) is 4.58. The number of rotatable bonds is 6. The zero-order chi connectivity index (χ0) is 22.8. The highest BCUT2D eigenvalue weighted by molar-refractivity contribution is 7.89. The number of fused-ring (bicyclic) bond motifs is 1. The van der Waals surface area contributed by atoms with Crippen LogP contribution in [0.1, 0.15) is 11.3 Å². The van der Waals surface area contributed by atoms with Gasteiger partial charge in [0.15, 0.2) is 0 Å². The molecule has 0 aliphatic carbocycles. The number of alkyl halides is 3. The lowest BCUT2D eigenvalue weighted by atomic mass is 10.1. The molecule has 1 aromatic heterocycles. The molecule has 0 bridgehead atoms. The van der Waals surface area contributed by atoms with E-state index in [-0.39, 0.29) is 13.2 Å². The quantitative estimate of drug-likeness (QED) is 0.602. The van der Waals surface area contributed by atoms with Gasteiger partial charge in [-0.25, -0.2) is 13.4 Å². The van der Waals surface area contributed by atoms with E-state index in [9.17, 15) is 21.6 Å². The van der Waals surface area contributed by atoms with Gasteiger partial charge in [0.25, 0.3) is 0 Å². The van der Waals surface area contributed by atoms with Crippen molar-refractivity contribution in [3.63, 3.8) is 0 Å². The van der Waals surface area contributed by atoms with Crippen LogP contribution in [0.4, 0.5) is 18.9 Å². The molecule has 0 spiro atoms. The minimum Gasteiger partial charge on any atom is -0.491 e. The Kier molecular flexibility index (Phi) is 6.11. The number of nitrogens with one attached hydrogen (secondary N) is 1. The van der Waals surface area contributed by atoms with Crippen LogP contribution in [0.5, 0.6) is 5.75 Å².